The standard InChI is InChI=1S/C4H4S.Na.2V/c1-3-4(2)5;;;/h1-3,5H;;;/q;+1;;/p-1/b4-3+;;;. The van der Waals surface area contributed by atoms with Crippen LogP contribution in [0.3, 0.4) is 0 Å². The Kier molecular flexibility index (Phi) is 13.9. The summed E-state index contributed by atoms with van der Waals surface area (Å²) in [5.74, 6) is 0. The Hall–Kier alpha value is 1.87. The van der Waals surface area contributed by atoms with Crippen molar-refractivity contribution < 1.29 is 63.5 Å². The molecule has 0 nitrogen and oxygen atoms in total. The van der Waals surface area contributed by atoms with E-state index in [1.54, 1.807) is 0 Å². The minimum absolute atomic E-state index is 0. The van der Waals surface area contributed by atoms with Crippen LogP contribution in [0.25, 0.3) is 0 Å². The van der Waals surface area contributed by atoms with Gasteiger partial charge in [-0.2, -0.15) is 0 Å². The molecule has 0 unspecified atom stereocenters. The minimum atomic E-state index is 0. The van der Waals surface area contributed by atoms with Gasteiger partial charge in [-0.1, -0.05) is 0 Å². The zero-order chi connectivity index (χ0) is 5.70. The van der Waals surface area contributed by atoms with E-state index in [-0.39, 0.29) is 29.6 Å². The fourth-order valence-corrected chi connectivity index (χ4v) is 0.731. The van der Waals surface area contributed by atoms with Crippen molar-refractivity contribution in [1.82, 2.24) is 0 Å². The molecule has 8 heavy (non-hydrogen) atoms. The Balaban J connectivity index is 0. The van der Waals surface area contributed by atoms with Gasteiger partial charge in [0.1, 0.15) is 0 Å². The summed E-state index contributed by atoms with van der Waals surface area (Å²) in [5, 5.41) is 0. The molecule has 0 heterocycles. The molecule has 0 amide bonds. The van der Waals surface area contributed by atoms with Crippen LogP contribution in [-0.2, 0) is 46.6 Å². The van der Waals surface area contributed by atoms with Gasteiger partial charge in [0.05, 0.1) is 0 Å². The predicted molar refractivity (Wildman–Crippen MR) is 27.6 cm³/mol. The summed E-state index contributed by atoms with van der Waals surface area (Å²) in [6.45, 7) is 0. The van der Waals surface area contributed by atoms with Crippen LogP contribution in [0.5, 0.6) is 0 Å². The van der Waals surface area contributed by atoms with E-state index in [2.05, 4.69) is 34.0 Å². The molecule has 4 heteroatoms. The first-order valence-electron chi connectivity index (χ1n) is 1.63. The van der Waals surface area contributed by atoms with Crippen LogP contribution in [0.4, 0.5) is 0 Å². The SMILES string of the molecule is [Na+].[S-]/C([CH]=[V])=C/[CH]=[V]. The first kappa shape index (κ1) is 12.5. The molecular weight excluding hydrogens is 205 g/mol. The normalized spacial score (nSPS) is 9.00. The van der Waals surface area contributed by atoms with Gasteiger partial charge in [-0.3, -0.25) is 0 Å². The van der Waals surface area contributed by atoms with Gasteiger partial charge in [0.2, 0.25) is 0 Å². The van der Waals surface area contributed by atoms with Gasteiger partial charge in [0.15, 0.2) is 0 Å². The monoisotopic (exact) mass is 208 g/mol. The number of hydrogen-bond donors (Lipinski definition) is 0. The van der Waals surface area contributed by atoms with Gasteiger partial charge in [0.25, 0.3) is 0 Å². The molecule has 0 radical (unpaired) electrons. The Morgan fingerprint density at radius 2 is 1.88 bits per heavy atom. The van der Waals surface area contributed by atoms with Crippen molar-refractivity contribution in [3.05, 3.63) is 11.0 Å². The number of hydrogen-bond acceptors (Lipinski definition) is 1. The molecule has 0 aliphatic heterocycles. The summed E-state index contributed by atoms with van der Waals surface area (Å²) in [4.78, 5) is 0.862. The Morgan fingerprint density at radius 3 is 2.00 bits per heavy atom. The Labute approximate surface area is 95.2 Å². The van der Waals surface area contributed by atoms with Crippen LogP contribution in [0, 0.1) is 0 Å². The van der Waals surface area contributed by atoms with Gasteiger partial charge in [0, 0.05) is 0 Å². The number of rotatable bonds is 2. The molecule has 0 bridgehead atoms. The van der Waals surface area contributed by atoms with E-state index in [1.807, 2.05) is 15.5 Å². The summed E-state index contributed by atoms with van der Waals surface area (Å²) in [7, 11) is 0. The molecule has 0 rings (SSSR count). The summed E-state index contributed by atoms with van der Waals surface area (Å²) in [6.07, 6.45) is 1.85. The summed E-state index contributed by atoms with van der Waals surface area (Å²) in [6, 6.07) is 0. The third-order valence-electron chi connectivity index (χ3n) is 0.366. The fraction of sp³-hybridized carbons (Fsp3) is 0. The summed E-state index contributed by atoms with van der Waals surface area (Å²) in [5.41, 5.74) is 0. The molecule has 0 aromatic carbocycles. The molecule has 0 spiro atoms. The van der Waals surface area contributed by atoms with Gasteiger partial charge in [-0.05, 0) is 0 Å². The van der Waals surface area contributed by atoms with Crippen LogP contribution >= 0.6 is 0 Å². The average molecular weight is 208 g/mol. The molecule has 0 fully saturated rings. The third-order valence-corrected chi connectivity index (χ3v) is 1.57. The second kappa shape index (κ2) is 8.87. The summed E-state index contributed by atoms with van der Waals surface area (Å²) < 4.78 is 3.69. The average Bonchev–Trinajstić information content (AvgIpc) is 1.68. The molecule has 0 aliphatic rings. The zero-order valence-corrected chi connectivity index (χ0v) is 10.1. The van der Waals surface area contributed by atoms with Crippen molar-refractivity contribution in [1.29, 1.82) is 0 Å². The van der Waals surface area contributed by atoms with E-state index < -0.39 is 0 Å². The molecule has 0 aromatic rings. The van der Waals surface area contributed by atoms with Gasteiger partial charge in [-0.25, -0.2) is 0 Å². The van der Waals surface area contributed by atoms with E-state index in [0.717, 1.165) is 4.91 Å². The molecule has 0 aliphatic carbocycles. The third kappa shape index (κ3) is 7.87. The Morgan fingerprint density at radius 1 is 1.38 bits per heavy atom. The fourth-order valence-electron chi connectivity index (χ4n) is 0.116. The topological polar surface area (TPSA) is 0 Å². The quantitative estimate of drug-likeness (QED) is 0.347. The van der Waals surface area contributed by atoms with E-state index >= 15 is 0 Å². The van der Waals surface area contributed by atoms with Crippen molar-refractivity contribution in [3.8, 4) is 0 Å². The van der Waals surface area contributed by atoms with Crippen molar-refractivity contribution in [3.63, 3.8) is 0 Å². The predicted octanol–water partition coefficient (Wildman–Crippen LogP) is -2.88. The van der Waals surface area contributed by atoms with Crippen molar-refractivity contribution in [2.45, 2.75) is 0 Å². The van der Waals surface area contributed by atoms with Crippen molar-refractivity contribution >= 4 is 22.1 Å². The van der Waals surface area contributed by atoms with E-state index in [9.17, 15) is 0 Å². The maximum absolute atomic E-state index is 4.79. The molecule has 36 valence electrons. The van der Waals surface area contributed by atoms with Gasteiger partial charge in [-0.15, -0.1) is 0 Å². The van der Waals surface area contributed by atoms with Crippen LogP contribution in [0.15, 0.2) is 11.0 Å². The van der Waals surface area contributed by atoms with Crippen LogP contribution < -0.4 is 29.6 Å². The Bertz CT molecular complexity index is 111. The van der Waals surface area contributed by atoms with E-state index in [4.69, 9.17) is 12.6 Å². The van der Waals surface area contributed by atoms with Crippen molar-refractivity contribution in [2.24, 2.45) is 0 Å². The molecule has 0 saturated carbocycles. The van der Waals surface area contributed by atoms with E-state index in [0.29, 0.717) is 0 Å². The number of allylic oxidation sites excluding steroid dienone is 2. The second-order valence-electron chi connectivity index (χ2n) is 0.847. The van der Waals surface area contributed by atoms with Crippen LogP contribution in [0.1, 0.15) is 0 Å². The maximum atomic E-state index is 4.79. The first-order chi connectivity index (χ1) is 3.31. The van der Waals surface area contributed by atoms with Gasteiger partial charge >= 0.3 is 96.6 Å². The zero-order valence-electron chi connectivity index (χ0n) is 4.53. The second-order valence-corrected chi connectivity index (χ2v) is 2.19. The molecular formula is C4H3NaSV2. The van der Waals surface area contributed by atoms with E-state index in [1.165, 1.54) is 0 Å². The summed E-state index contributed by atoms with van der Waals surface area (Å²) >= 11 is 9.43. The van der Waals surface area contributed by atoms with Crippen LogP contribution in [-0.4, -0.2) is 9.46 Å². The van der Waals surface area contributed by atoms with Gasteiger partial charge < -0.3 is 0 Å². The molecule has 0 atom stereocenters. The first-order valence-corrected chi connectivity index (χ1v) is 3.65. The molecule has 0 saturated heterocycles. The van der Waals surface area contributed by atoms with Crippen molar-refractivity contribution in [2.75, 3.05) is 0 Å². The van der Waals surface area contributed by atoms with Crippen LogP contribution in [0.2, 0.25) is 0 Å². The molecule has 0 aromatic heterocycles. The molecule has 0 N–H and O–H groups in total.